The van der Waals surface area contributed by atoms with Crippen LogP contribution in [0.4, 0.5) is 0 Å². The molecule has 0 fully saturated rings. The van der Waals surface area contributed by atoms with Crippen molar-refractivity contribution in [3.05, 3.63) is 0 Å². The molecule has 0 spiro atoms. The van der Waals surface area contributed by atoms with Crippen LogP contribution in [0, 0.1) is 47.3 Å². The van der Waals surface area contributed by atoms with E-state index in [0.717, 1.165) is 76.4 Å². The summed E-state index contributed by atoms with van der Waals surface area (Å²) in [5.74, 6) is 5.43. The van der Waals surface area contributed by atoms with Crippen LogP contribution in [0.1, 0.15) is 250 Å². The highest BCUT2D eigenvalue weighted by Crippen LogP contribution is 2.30. The number of hydrogen-bond acceptors (Lipinski definition) is 5. The Morgan fingerprint density at radius 2 is 0.596 bits per heavy atom. The first kappa shape index (κ1) is 56.8. The topological polar surface area (TPSA) is 68.2 Å². The van der Waals surface area contributed by atoms with Crippen LogP contribution in [0.2, 0.25) is 0 Å². The highest BCUT2D eigenvalue weighted by atomic mass is 16.8. The average molecular weight is 811 g/mol. The van der Waals surface area contributed by atoms with Crippen LogP contribution in [0.5, 0.6) is 0 Å². The minimum Gasteiger partial charge on any atom is -0.393 e. The first-order valence-corrected chi connectivity index (χ1v) is 25.4. The smallest absolute Gasteiger partial charge is 0.160 e. The Morgan fingerprint density at radius 3 is 0.912 bits per heavy atom. The van der Waals surface area contributed by atoms with Gasteiger partial charge in [-0.1, -0.05) is 146 Å². The monoisotopic (exact) mass is 811 g/mol. The zero-order chi connectivity index (χ0) is 42.8. The molecule has 0 aliphatic rings. The fourth-order valence-electron chi connectivity index (χ4n) is 10.1. The molecule has 0 saturated carbocycles. The van der Waals surface area contributed by atoms with Gasteiger partial charge in [-0.05, 0) is 151 Å². The third kappa shape index (κ3) is 37.3. The van der Waals surface area contributed by atoms with Crippen molar-refractivity contribution < 1.29 is 24.4 Å². The summed E-state index contributed by atoms with van der Waals surface area (Å²) < 4.78 is 19.9. The highest BCUT2D eigenvalue weighted by Gasteiger charge is 2.21. The second-order valence-electron chi connectivity index (χ2n) is 20.6. The van der Waals surface area contributed by atoms with Crippen molar-refractivity contribution in [2.24, 2.45) is 47.3 Å². The molecule has 2 N–H and O–H groups in total. The maximum Gasteiger partial charge on any atom is 0.160 e. The van der Waals surface area contributed by atoms with E-state index in [-0.39, 0.29) is 24.8 Å². The van der Waals surface area contributed by atoms with E-state index >= 15 is 0 Å². The molecule has 0 aliphatic heterocycles. The zero-order valence-corrected chi connectivity index (χ0v) is 40.8. The van der Waals surface area contributed by atoms with Crippen molar-refractivity contribution in [3.63, 3.8) is 0 Å². The fraction of sp³-hybridized carbons (Fsp3) is 1.00. The molecule has 0 rings (SSSR count). The van der Waals surface area contributed by atoms with Gasteiger partial charge in [-0.3, -0.25) is 0 Å². The number of aliphatic hydroxyl groups is 2. The number of aliphatic hydroxyl groups excluding tert-OH is 2. The summed E-state index contributed by atoms with van der Waals surface area (Å²) in [5, 5.41) is 19.6. The van der Waals surface area contributed by atoms with Crippen LogP contribution in [0.3, 0.4) is 0 Å². The predicted octanol–water partition coefficient (Wildman–Crippen LogP) is 15.7. The molecule has 0 aromatic heterocycles. The average Bonchev–Trinajstić information content (AvgIpc) is 3.09. The van der Waals surface area contributed by atoms with Gasteiger partial charge in [-0.25, -0.2) is 0 Å². The standard InChI is InChI=1S/C52H106O5/c1-13-15-17-19-21-23-31-55-51(29-25-27-41(3)33-43(5)35-45(7)37-47(9)39-49(11)53)57-52(56-32-24-22-20-18-16-14-2)30-26-28-42(4)34-44(6)36-46(8)38-48(10)40-50(12)54/h41-54H,13-40H2,1-12H3. The number of unbranched alkanes of at least 4 members (excludes halogenated alkanes) is 10. The summed E-state index contributed by atoms with van der Waals surface area (Å²) in [6.07, 6.45) is 30.4. The molecule has 0 aromatic carbocycles. The number of rotatable bonds is 42. The second-order valence-corrected chi connectivity index (χ2v) is 20.6. The Bertz CT molecular complexity index is 767. The molecule has 0 amide bonds. The largest absolute Gasteiger partial charge is 0.393 e. The zero-order valence-electron chi connectivity index (χ0n) is 40.8. The molecular formula is C52H106O5. The van der Waals surface area contributed by atoms with E-state index in [4.69, 9.17) is 14.2 Å². The molecule has 0 radical (unpaired) electrons. The molecule has 57 heavy (non-hydrogen) atoms. The van der Waals surface area contributed by atoms with Gasteiger partial charge in [0.2, 0.25) is 0 Å². The Labute approximate surface area is 358 Å². The maximum atomic E-state index is 9.80. The van der Waals surface area contributed by atoms with E-state index in [1.54, 1.807) is 0 Å². The van der Waals surface area contributed by atoms with Crippen molar-refractivity contribution >= 4 is 0 Å². The summed E-state index contributed by atoms with van der Waals surface area (Å²) in [4.78, 5) is 0. The van der Waals surface area contributed by atoms with Crippen LogP contribution in [0.25, 0.3) is 0 Å². The Kier molecular flexibility index (Phi) is 37.4. The van der Waals surface area contributed by atoms with Crippen LogP contribution >= 0.6 is 0 Å². The lowest BCUT2D eigenvalue weighted by Gasteiger charge is -2.27. The molecule has 0 heterocycles. The van der Waals surface area contributed by atoms with Gasteiger partial charge in [0, 0.05) is 13.2 Å². The van der Waals surface area contributed by atoms with Gasteiger partial charge in [0.15, 0.2) is 12.6 Å². The Hall–Kier alpha value is -0.200. The second kappa shape index (κ2) is 37.6. The number of hydrogen-bond donors (Lipinski definition) is 2. The van der Waals surface area contributed by atoms with E-state index in [1.165, 1.54) is 116 Å². The molecule has 5 heteroatoms. The van der Waals surface area contributed by atoms with Crippen LogP contribution < -0.4 is 0 Å². The Morgan fingerprint density at radius 1 is 0.316 bits per heavy atom. The van der Waals surface area contributed by atoms with E-state index in [0.29, 0.717) is 35.5 Å². The summed E-state index contributed by atoms with van der Waals surface area (Å²) >= 11 is 0. The first-order chi connectivity index (χ1) is 27.1. The van der Waals surface area contributed by atoms with Crippen LogP contribution in [-0.2, 0) is 14.2 Å². The van der Waals surface area contributed by atoms with Gasteiger partial charge >= 0.3 is 0 Å². The van der Waals surface area contributed by atoms with E-state index < -0.39 is 0 Å². The fourth-order valence-corrected chi connectivity index (χ4v) is 10.1. The highest BCUT2D eigenvalue weighted by molar-refractivity contribution is 4.70. The van der Waals surface area contributed by atoms with Gasteiger partial charge in [0.25, 0.3) is 0 Å². The molecule has 5 nitrogen and oxygen atoms in total. The lowest BCUT2D eigenvalue weighted by Crippen LogP contribution is -2.28. The van der Waals surface area contributed by atoms with Gasteiger partial charge in [-0.2, -0.15) is 0 Å². The molecule has 344 valence electrons. The van der Waals surface area contributed by atoms with E-state index in [1.807, 2.05) is 13.8 Å². The third-order valence-corrected chi connectivity index (χ3v) is 12.5. The normalized spacial score (nSPS) is 18.6. The first-order valence-electron chi connectivity index (χ1n) is 25.4. The van der Waals surface area contributed by atoms with E-state index in [9.17, 15) is 10.2 Å². The molecule has 0 saturated heterocycles. The molecule has 0 aromatic rings. The predicted molar refractivity (Wildman–Crippen MR) is 249 cm³/mol. The van der Waals surface area contributed by atoms with Crippen molar-refractivity contribution in [3.8, 4) is 0 Å². The van der Waals surface area contributed by atoms with Gasteiger partial charge in [0.1, 0.15) is 0 Å². The molecular weight excluding hydrogens is 705 g/mol. The summed E-state index contributed by atoms with van der Waals surface area (Å²) in [7, 11) is 0. The minimum atomic E-state index is -0.196. The van der Waals surface area contributed by atoms with Crippen molar-refractivity contribution in [1.82, 2.24) is 0 Å². The van der Waals surface area contributed by atoms with Crippen molar-refractivity contribution in [2.45, 2.75) is 275 Å². The molecule has 0 bridgehead atoms. The van der Waals surface area contributed by atoms with Crippen LogP contribution in [-0.4, -0.2) is 48.2 Å². The third-order valence-electron chi connectivity index (χ3n) is 12.5. The summed E-state index contributed by atoms with van der Waals surface area (Å²) in [5.41, 5.74) is 0. The maximum absolute atomic E-state index is 9.80. The van der Waals surface area contributed by atoms with Crippen molar-refractivity contribution in [2.75, 3.05) is 13.2 Å². The molecule has 12 atom stereocenters. The minimum absolute atomic E-state index is 0.189. The Balaban J connectivity index is 5.27. The van der Waals surface area contributed by atoms with Gasteiger partial charge < -0.3 is 24.4 Å². The molecule has 0 aliphatic carbocycles. The van der Waals surface area contributed by atoms with Crippen LogP contribution in [0.15, 0.2) is 0 Å². The van der Waals surface area contributed by atoms with Gasteiger partial charge in [-0.15, -0.1) is 0 Å². The van der Waals surface area contributed by atoms with Crippen molar-refractivity contribution in [1.29, 1.82) is 0 Å². The SMILES string of the molecule is CCCCCCCCOC(CCCC(C)CC(C)CC(C)CC(C)CC(C)O)OC(CCCC(C)CC(C)CC(C)CC(C)CC(C)O)OCCCCCCCC. The summed E-state index contributed by atoms with van der Waals surface area (Å²) in [6, 6.07) is 0. The number of ether oxygens (including phenoxy) is 3. The van der Waals surface area contributed by atoms with Gasteiger partial charge in [0.05, 0.1) is 12.2 Å². The van der Waals surface area contributed by atoms with E-state index in [2.05, 4.69) is 69.2 Å². The lowest BCUT2D eigenvalue weighted by atomic mass is 9.83. The molecule has 12 unspecified atom stereocenters. The summed E-state index contributed by atoms with van der Waals surface area (Å²) in [6.45, 7) is 29.1. The lowest BCUT2D eigenvalue weighted by molar-refractivity contribution is -0.250. The quantitative estimate of drug-likeness (QED) is 0.0475.